The predicted octanol–water partition coefficient (Wildman–Crippen LogP) is 5.25. The first-order valence-corrected chi connectivity index (χ1v) is 12.0. The van der Waals surface area contributed by atoms with Crippen LogP contribution in [0.15, 0.2) is 71.4 Å². The summed E-state index contributed by atoms with van der Waals surface area (Å²) in [6.45, 7) is 8.23. The first-order valence-electron chi connectivity index (χ1n) is 12.0. The van der Waals surface area contributed by atoms with E-state index in [0.717, 1.165) is 33.9 Å². The first-order chi connectivity index (χ1) is 17.4. The normalized spacial score (nSPS) is 15.0. The zero-order valence-corrected chi connectivity index (χ0v) is 20.9. The molecule has 2 heterocycles. The number of amides is 2. The Labute approximate surface area is 210 Å². The van der Waals surface area contributed by atoms with E-state index < -0.39 is 11.8 Å². The Morgan fingerprint density at radius 1 is 1.06 bits per heavy atom. The van der Waals surface area contributed by atoms with Crippen LogP contribution in [0.1, 0.15) is 38.3 Å². The summed E-state index contributed by atoms with van der Waals surface area (Å²) in [4.78, 5) is 26.9. The minimum atomic E-state index is -0.557. The van der Waals surface area contributed by atoms with Crippen molar-refractivity contribution in [2.45, 2.75) is 34.1 Å². The largest absolute Gasteiger partial charge is 0.494 e. The van der Waals surface area contributed by atoms with Gasteiger partial charge in [-0.1, -0.05) is 25.1 Å². The number of nitriles is 1. The smallest absolute Gasteiger partial charge is 0.271 e. The summed E-state index contributed by atoms with van der Waals surface area (Å²) in [5, 5.41) is 14.5. The van der Waals surface area contributed by atoms with Gasteiger partial charge in [-0.25, -0.2) is 4.68 Å². The molecule has 36 heavy (non-hydrogen) atoms. The summed E-state index contributed by atoms with van der Waals surface area (Å²) < 4.78 is 7.55. The summed E-state index contributed by atoms with van der Waals surface area (Å²) >= 11 is 0. The highest BCUT2D eigenvalue weighted by molar-refractivity contribution is 6.19. The quantitative estimate of drug-likeness (QED) is 0.340. The molecule has 3 aromatic rings. The molecule has 0 saturated heterocycles. The number of carbonyl (C=O) groups excluding carboxylic acids is 2. The van der Waals surface area contributed by atoms with E-state index in [9.17, 15) is 14.9 Å². The topological polar surface area (TPSA) is 88.2 Å². The third-order valence-electron chi connectivity index (χ3n) is 6.13. The molecule has 0 spiro atoms. The SMILES string of the molecule is CCCOc1ccc(-c2nn(-c3ccccc3)cc2/C=C2/C(=O)N(CC)C(=O)C(C#N)=C2C)c(C)c1. The van der Waals surface area contributed by atoms with Crippen LogP contribution in [-0.2, 0) is 9.59 Å². The van der Waals surface area contributed by atoms with Crippen LogP contribution in [-0.4, -0.2) is 39.6 Å². The van der Waals surface area contributed by atoms with Crippen molar-refractivity contribution in [2.24, 2.45) is 0 Å². The highest BCUT2D eigenvalue weighted by atomic mass is 16.5. The lowest BCUT2D eigenvalue weighted by Gasteiger charge is -2.26. The van der Waals surface area contributed by atoms with Crippen molar-refractivity contribution >= 4 is 17.9 Å². The Balaban J connectivity index is 1.90. The van der Waals surface area contributed by atoms with Gasteiger partial charge < -0.3 is 4.74 Å². The number of para-hydroxylation sites is 1. The molecule has 0 aliphatic carbocycles. The van der Waals surface area contributed by atoms with Crippen LogP contribution in [0.2, 0.25) is 0 Å². The van der Waals surface area contributed by atoms with E-state index in [0.29, 0.717) is 29.0 Å². The van der Waals surface area contributed by atoms with E-state index >= 15 is 0 Å². The molecule has 2 amide bonds. The van der Waals surface area contributed by atoms with Crippen molar-refractivity contribution < 1.29 is 14.3 Å². The average molecular weight is 481 g/mol. The number of carbonyl (C=O) groups is 2. The van der Waals surface area contributed by atoms with Gasteiger partial charge in [0, 0.05) is 29.4 Å². The standard InChI is InChI=1S/C29H28N4O3/c1-5-14-36-23-12-13-24(19(3)15-23)27-21(18-33(31-27)22-10-8-7-9-11-22)16-25-20(4)26(17-30)29(35)32(6-2)28(25)34/h7-13,15-16,18H,5-6,14H2,1-4H3/b25-16+. The van der Waals surface area contributed by atoms with Gasteiger partial charge in [0.1, 0.15) is 23.1 Å². The van der Waals surface area contributed by atoms with Crippen LogP contribution in [0.25, 0.3) is 23.0 Å². The van der Waals surface area contributed by atoms with Crippen molar-refractivity contribution in [1.29, 1.82) is 5.26 Å². The third-order valence-corrected chi connectivity index (χ3v) is 6.13. The van der Waals surface area contributed by atoms with Crippen LogP contribution in [0, 0.1) is 18.3 Å². The zero-order valence-electron chi connectivity index (χ0n) is 20.9. The number of aryl methyl sites for hydroxylation is 1. The molecule has 7 heteroatoms. The molecule has 182 valence electrons. The molecular formula is C29H28N4O3. The average Bonchev–Trinajstić information content (AvgIpc) is 3.30. The van der Waals surface area contributed by atoms with E-state index in [1.54, 1.807) is 24.6 Å². The molecule has 0 radical (unpaired) electrons. The van der Waals surface area contributed by atoms with Crippen molar-refractivity contribution in [2.75, 3.05) is 13.2 Å². The minimum Gasteiger partial charge on any atom is -0.494 e. The van der Waals surface area contributed by atoms with Crippen molar-refractivity contribution in [3.05, 3.63) is 82.6 Å². The van der Waals surface area contributed by atoms with Gasteiger partial charge in [0.2, 0.25) is 0 Å². The maximum atomic E-state index is 13.2. The van der Waals surface area contributed by atoms with Crippen LogP contribution in [0.4, 0.5) is 0 Å². The van der Waals surface area contributed by atoms with Gasteiger partial charge in [0.15, 0.2) is 0 Å². The van der Waals surface area contributed by atoms with Gasteiger partial charge in [-0.2, -0.15) is 10.4 Å². The molecule has 4 rings (SSSR count). The molecule has 0 atom stereocenters. The van der Waals surface area contributed by atoms with Gasteiger partial charge in [0.05, 0.1) is 12.3 Å². The number of imide groups is 1. The molecule has 2 aromatic carbocycles. The number of nitrogens with zero attached hydrogens (tertiary/aromatic N) is 4. The number of hydrogen-bond acceptors (Lipinski definition) is 5. The first kappa shape index (κ1) is 24.7. The summed E-state index contributed by atoms with van der Waals surface area (Å²) in [5.41, 5.74) is 4.79. The van der Waals surface area contributed by atoms with Gasteiger partial charge in [-0.05, 0) is 74.7 Å². The monoisotopic (exact) mass is 480 g/mol. The van der Waals surface area contributed by atoms with Crippen LogP contribution >= 0.6 is 0 Å². The lowest BCUT2D eigenvalue weighted by Crippen LogP contribution is -2.42. The van der Waals surface area contributed by atoms with Crippen LogP contribution in [0.3, 0.4) is 0 Å². The second-order valence-corrected chi connectivity index (χ2v) is 8.56. The number of hydrogen-bond donors (Lipinski definition) is 0. The summed E-state index contributed by atoms with van der Waals surface area (Å²) in [6, 6.07) is 17.5. The number of ether oxygens (including phenoxy) is 1. The van der Waals surface area contributed by atoms with E-state index in [1.807, 2.05) is 67.7 Å². The van der Waals surface area contributed by atoms with Crippen molar-refractivity contribution in [1.82, 2.24) is 14.7 Å². The molecule has 0 bridgehead atoms. The molecule has 7 nitrogen and oxygen atoms in total. The van der Waals surface area contributed by atoms with Gasteiger partial charge in [-0.15, -0.1) is 0 Å². The second kappa shape index (κ2) is 10.4. The van der Waals surface area contributed by atoms with Gasteiger partial charge in [0.25, 0.3) is 11.8 Å². The molecule has 0 fully saturated rings. The highest BCUT2D eigenvalue weighted by Gasteiger charge is 2.34. The molecule has 1 aliphatic rings. The number of rotatable bonds is 7. The second-order valence-electron chi connectivity index (χ2n) is 8.56. The van der Waals surface area contributed by atoms with Crippen LogP contribution in [0.5, 0.6) is 5.75 Å². The minimum absolute atomic E-state index is 0.0201. The summed E-state index contributed by atoms with van der Waals surface area (Å²) in [5.74, 6) is -0.187. The number of aromatic nitrogens is 2. The molecule has 1 aliphatic heterocycles. The fourth-order valence-electron chi connectivity index (χ4n) is 4.20. The van der Waals surface area contributed by atoms with E-state index in [4.69, 9.17) is 9.84 Å². The molecular weight excluding hydrogens is 452 g/mol. The Kier molecular flexibility index (Phi) is 7.16. The lowest BCUT2D eigenvalue weighted by molar-refractivity contribution is -0.140. The fraction of sp³-hybridized carbons (Fsp3) is 0.241. The van der Waals surface area contributed by atoms with E-state index in [2.05, 4.69) is 6.92 Å². The summed E-state index contributed by atoms with van der Waals surface area (Å²) in [7, 11) is 0. The highest BCUT2D eigenvalue weighted by Crippen LogP contribution is 2.33. The maximum absolute atomic E-state index is 13.2. The van der Waals surface area contributed by atoms with E-state index in [-0.39, 0.29) is 12.1 Å². The Hall–Kier alpha value is -4.44. The van der Waals surface area contributed by atoms with Crippen molar-refractivity contribution in [3.63, 3.8) is 0 Å². The third kappa shape index (κ3) is 4.58. The maximum Gasteiger partial charge on any atom is 0.271 e. The molecule has 0 saturated carbocycles. The number of likely N-dealkylation sites (N-methyl/N-ethyl adjacent to an activating group) is 1. The van der Waals surface area contributed by atoms with E-state index in [1.165, 1.54) is 0 Å². The molecule has 0 N–H and O–H groups in total. The Morgan fingerprint density at radius 2 is 1.81 bits per heavy atom. The molecule has 0 unspecified atom stereocenters. The molecule has 1 aromatic heterocycles. The zero-order chi connectivity index (χ0) is 25.8. The fourth-order valence-corrected chi connectivity index (χ4v) is 4.20. The van der Waals surface area contributed by atoms with Gasteiger partial charge >= 0.3 is 0 Å². The summed E-state index contributed by atoms with van der Waals surface area (Å²) in [6.07, 6.45) is 4.51. The number of benzene rings is 2. The van der Waals surface area contributed by atoms with Gasteiger partial charge in [-0.3, -0.25) is 14.5 Å². The lowest BCUT2D eigenvalue weighted by atomic mass is 9.93. The Bertz CT molecular complexity index is 1420. The Morgan fingerprint density at radius 3 is 2.44 bits per heavy atom. The van der Waals surface area contributed by atoms with Crippen LogP contribution < -0.4 is 4.74 Å². The predicted molar refractivity (Wildman–Crippen MR) is 138 cm³/mol. The van der Waals surface area contributed by atoms with Crippen molar-refractivity contribution in [3.8, 4) is 28.8 Å².